The van der Waals surface area contributed by atoms with E-state index < -0.39 is 6.04 Å². The fourth-order valence-electron chi connectivity index (χ4n) is 3.03. The van der Waals surface area contributed by atoms with Crippen LogP contribution in [0.25, 0.3) is 0 Å². The van der Waals surface area contributed by atoms with Gasteiger partial charge in [0, 0.05) is 22.9 Å². The third-order valence-electron chi connectivity index (χ3n) is 4.48. The van der Waals surface area contributed by atoms with Crippen LogP contribution in [0.2, 0.25) is 5.02 Å². The molecule has 0 aromatic heterocycles. The summed E-state index contributed by atoms with van der Waals surface area (Å²) >= 11 is 7.57. The van der Waals surface area contributed by atoms with Crippen LogP contribution in [0.1, 0.15) is 44.4 Å². The molecular formula is C24H31ClN2O2S. The molecule has 2 amide bonds. The first-order valence-electron chi connectivity index (χ1n) is 10.0. The van der Waals surface area contributed by atoms with Gasteiger partial charge in [0.2, 0.25) is 11.8 Å². The fourth-order valence-corrected chi connectivity index (χ4v) is 4.10. The van der Waals surface area contributed by atoms with Gasteiger partial charge in [-0.15, -0.1) is 11.8 Å². The maximum absolute atomic E-state index is 13.1. The molecule has 6 heteroatoms. The van der Waals surface area contributed by atoms with Gasteiger partial charge in [-0.25, -0.2) is 0 Å². The fraction of sp³-hybridized carbons (Fsp3) is 0.417. The molecular weight excluding hydrogens is 416 g/mol. The van der Waals surface area contributed by atoms with Gasteiger partial charge in [-0.1, -0.05) is 53.6 Å². The van der Waals surface area contributed by atoms with Crippen LogP contribution in [0, 0.1) is 6.92 Å². The number of amides is 2. The summed E-state index contributed by atoms with van der Waals surface area (Å²) in [6.07, 6.45) is 0. The maximum Gasteiger partial charge on any atom is 0.242 e. The summed E-state index contributed by atoms with van der Waals surface area (Å²) in [6.45, 7) is 10.0. The highest BCUT2D eigenvalue weighted by Crippen LogP contribution is 2.19. The standard InChI is InChI=1S/C24H31ClN2O2S/c1-17-8-6-9-19(12-17)14-27(18(2)23(29)26-24(3,4)5)22(28)16-30-15-20-10-7-11-21(25)13-20/h6-13,18H,14-16H2,1-5H3,(H,26,29)/t18-/m1/s1. The number of carbonyl (C=O) groups excluding carboxylic acids is 2. The summed E-state index contributed by atoms with van der Waals surface area (Å²) in [7, 11) is 0. The average Bonchev–Trinajstić information content (AvgIpc) is 2.64. The van der Waals surface area contributed by atoms with E-state index in [4.69, 9.17) is 11.6 Å². The Morgan fingerprint density at radius 2 is 1.77 bits per heavy atom. The van der Waals surface area contributed by atoms with Crippen molar-refractivity contribution < 1.29 is 9.59 Å². The molecule has 0 aliphatic carbocycles. The zero-order valence-electron chi connectivity index (χ0n) is 18.4. The number of halogens is 1. The van der Waals surface area contributed by atoms with E-state index in [9.17, 15) is 9.59 Å². The van der Waals surface area contributed by atoms with E-state index in [2.05, 4.69) is 5.32 Å². The zero-order chi connectivity index (χ0) is 22.3. The molecule has 0 aliphatic heterocycles. The van der Waals surface area contributed by atoms with Crippen molar-refractivity contribution in [1.29, 1.82) is 0 Å². The van der Waals surface area contributed by atoms with Crippen molar-refractivity contribution in [2.24, 2.45) is 0 Å². The number of benzene rings is 2. The lowest BCUT2D eigenvalue weighted by atomic mass is 10.1. The van der Waals surface area contributed by atoms with E-state index in [-0.39, 0.29) is 17.4 Å². The van der Waals surface area contributed by atoms with Gasteiger partial charge in [-0.3, -0.25) is 9.59 Å². The van der Waals surface area contributed by atoms with Crippen LogP contribution in [-0.4, -0.2) is 34.0 Å². The Morgan fingerprint density at radius 1 is 1.10 bits per heavy atom. The Bertz CT molecular complexity index is 880. The van der Waals surface area contributed by atoms with E-state index in [1.165, 1.54) is 11.8 Å². The number of nitrogens with zero attached hydrogens (tertiary/aromatic N) is 1. The molecule has 0 aliphatic rings. The molecule has 2 aromatic rings. The van der Waals surface area contributed by atoms with Crippen molar-refractivity contribution >= 4 is 35.2 Å². The van der Waals surface area contributed by atoms with Gasteiger partial charge < -0.3 is 10.2 Å². The van der Waals surface area contributed by atoms with Crippen molar-refractivity contribution in [3.8, 4) is 0 Å². The van der Waals surface area contributed by atoms with Gasteiger partial charge in [0.25, 0.3) is 0 Å². The smallest absolute Gasteiger partial charge is 0.242 e. The van der Waals surface area contributed by atoms with Gasteiger partial charge in [-0.2, -0.15) is 0 Å². The Hall–Kier alpha value is -1.98. The van der Waals surface area contributed by atoms with Gasteiger partial charge in [-0.05, 0) is 57.9 Å². The quantitative estimate of drug-likeness (QED) is 0.605. The van der Waals surface area contributed by atoms with Crippen LogP contribution in [0.5, 0.6) is 0 Å². The molecule has 4 nitrogen and oxygen atoms in total. The number of rotatable bonds is 8. The third-order valence-corrected chi connectivity index (χ3v) is 5.71. The van der Waals surface area contributed by atoms with Gasteiger partial charge in [0.1, 0.15) is 6.04 Å². The second-order valence-corrected chi connectivity index (χ2v) is 9.97. The summed E-state index contributed by atoms with van der Waals surface area (Å²) in [4.78, 5) is 27.5. The summed E-state index contributed by atoms with van der Waals surface area (Å²) in [5.41, 5.74) is 2.86. The molecule has 1 atom stereocenters. The number of hydrogen-bond donors (Lipinski definition) is 1. The molecule has 2 rings (SSSR count). The molecule has 0 saturated carbocycles. The lowest BCUT2D eigenvalue weighted by Crippen LogP contribution is -2.52. The average molecular weight is 447 g/mol. The van der Waals surface area contributed by atoms with Crippen LogP contribution in [0.4, 0.5) is 0 Å². The number of nitrogens with one attached hydrogen (secondary N) is 1. The predicted molar refractivity (Wildman–Crippen MR) is 127 cm³/mol. The van der Waals surface area contributed by atoms with Crippen LogP contribution >= 0.6 is 23.4 Å². The maximum atomic E-state index is 13.1. The van der Waals surface area contributed by atoms with Crippen molar-refractivity contribution in [3.05, 3.63) is 70.2 Å². The second-order valence-electron chi connectivity index (χ2n) is 8.55. The molecule has 2 aromatic carbocycles. The highest BCUT2D eigenvalue weighted by atomic mass is 35.5. The van der Waals surface area contributed by atoms with Crippen molar-refractivity contribution in [3.63, 3.8) is 0 Å². The van der Waals surface area contributed by atoms with Crippen LogP contribution in [0.15, 0.2) is 48.5 Å². The van der Waals surface area contributed by atoms with Crippen LogP contribution in [-0.2, 0) is 21.9 Å². The Kier molecular flexibility index (Phi) is 8.80. The summed E-state index contributed by atoms with van der Waals surface area (Å²) in [5.74, 6) is 0.780. The molecule has 0 bridgehead atoms. The predicted octanol–water partition coefficient (Wildman–Crippen LogP) is 5.21. The minimum absolute atomic E-state index is 0.0555. The molecule has 0 radical (unpaired) electrons. The highest BCUT2D eigenvalue weighted by molar-refractivity contribution is 7.99. The lowest BCUT2D eigenvalue weighted by Gasteiger charge is -2.31. The lowest BCUT2D eigenvalue weighted by molar-refractivity contribution is -0.139. The van der Waals surface area contributed by atoms with E-state index in [0.29, 0.717) is 23.1 Å². The molecule has 0 spiro atoms. The molecule has 162 valence electrons. The van der Waals surface area contributed by atoms with Gasteiger partial charge in [0.05, 0.1) is 5.75 Å². The number of carbonyl (C=O) groups is 2. The molecule has 1 N–H and O–H groups in total. The minimum atomic E-state index is -0.566. The molecule has 0 fully saturated rings. The first kappa shape index (κ1) is 24.3. The summed E-state index contributed by atoms with van der Waals surface area (Å²) in [5, 5.41) is 3.67. The van der Waals surface area contributed by atoms with E-state index in [1.54, 1.807) is 11.8 Å². The summed E-state index contributed by atoms with van der Waals surface area (Å²) < 4.78 is 0. The Labute approximate surface area is 189 Å². The van der Waals surface area contributed by atoms with Gasteiger partial charge >= 0.3 is 0 Å². The van der Waals surface area contributed by atoms with E-state index in [1.807, 2.05) is 76.2 Å². The molecule has 0 saturated heterocycles. The molecule has 0 heterocycles. The van der Waals surface area contributed by atoms with E-state index >= 15 is 0 Å². The Balaban J connectivity index is 2.10. The topological polar surface area (TPSA) is 49.4 Å². The van der Waals surface area contributed by atoms with E-state index in [0.717, 1.165) is 16.7 Å². The summed E-state index contributed by atoms with van der Waals surface area (Å²) in [6, 6.07) is 15.1. The minimum Gasteiger partial charge on any atom is -0.350 e. The van der Waals surface area contributed by atoms with Gasteiger partial charge in [0.15, 0.2) is 0 Å². The van der Waals surface area contributed by atoms with Crippen molar-refractivity contribution in [2.45, 2.75) is 58.5 Å². The third kappa shape index (κ3) is 8.04. The Morgan fingerprint density at radius 3 is 2.40 bits per heavy atom. The molecule has 30 heavy (non-hydrogen) atoms. The second kappa shape index (κ2) is 10.9. The van der Waals surface area contributed by atoms with Crippen molar-refractivity contribution in [2.75, 3.05) is 5.75 Å². The monoisotopic (exact) mass is 446 g/mol. The van der Waals surface area contributed by atoms with Crippen LogP contribution < -0.4 is 5.32 Å². The largest absolute Gasteiger partial charge is 0.350 e. The normalized spacial score (nSPS) is 12.3. The van der Waals surface area contributed by atoms with Crippen molar-refractivity contribution in [1.82, 2.24) is 10.2 Å². The number of aryl methyl sites for hydroxylation is 1. The first-order valence-corrected chi connectivity index (χ1v) is 11.6. The highest BCUT2D eigenvalue weighted by Gasteiger charge is 2.28. The number of thioether (sulfide) groups is 1. The zero-order valence-corrected chi connectivity index (χ0v) is 19.9. The first-order chi connectivity index (χ1) is 14.0. The van der Waals surface area contributed by atoms with Crippen LogP contribution in [0.3, 0.4) is 0 Å². The number of hydrogen-bond acceptors (Lipinski definition) is 3. The molecule has 0 unspecified atom stereocenters. The SMILES string of the molecule is Cc1cccc(CN(C(=O)CSCc2cccc(Cl)c2)[C@H](C)C(=O)NC(C)(C)C)c1.